The van der Waals surface area contributed by atoms with Crippen LogP contribution in [-0.4, -0.2) is 27.9 Å². The van der Waals surface area contributed by atoms with E-state index in [0.29, 0.717) is 22.6 Å². The molecule has 3 aromatic heterocycles. The number of rotatable bonds is 4. The Bertz CT molecular complexity index is 1220. The Morgan fingerprint density at radius 1 is 1.08 bits per heavy atom. The van der Waals surface area contributed by atoms with Gasteiger partial charge in [-0.05, 0) is 23.8 Å². The van der Waals surface area contributed by atoms with Crippen molar-refractivity contribution in [3.63, 3.8) is 0 Å². The zero-order chi connectivity index (χ0) is 17.9. The molecule has 3 heterocycles. The molecule has 0 amide bonds. The summed E-state index contributed by atoms with van der Waals surface area (Å²) in [5, 5.41) is 0. The molecule has 0 aliphatic carbocycles. The van der Waals surface area contributed by atoms with Crippen molar-refractivity contribution in [3.05, 3.63) is 60.6 Å². The van der Waals surface area contributed by atoms with Crippen molar-refractivity contribution in [2.45, 2.75) is 0 Å². The first kappa shape index (κ1) is 15.9. The molecule has 4 rings (SSSR count). The van der Waals surface area contributed by atoms with Crippen molar-refractivity contribution in [1.29, 1.82) is 0 Å². The number of imidazole rings is 1. The second kappa shape index (κ2) is 6.73. The summed E-state index contributed by atoms with van der Waals surface area (Å²) < 4.78 is 32.3. The summed E-state index contributed by atoms with van der Waals surface area (Å²) in [5.41, 5.74) is 2.27. The summed E-state index contributed by atoms with van der Waals surface area (Å²) >= 11 is 0. The quantitative estimate of drug-likeness (QED) is 0.549. The number of nitrogens with zero attached hydrogens (tertiary/aromatic N) is 5. The van der Waals surface area contributed by atoms with Gasteiger partial charge in [0.1, 0.15) is 17.5 Å². The van der Waals surface area contributed by atoms with Gasteiger partial charge in [0.25, 0.3) is 5.95 Å². The molecule has 0 radical (unpaired) electrons. The van der Waals surface area contributed by atoms with Gasteiger partial charge in [0, 0.05) is 6.20 Å². The van der Waals surface area contributed by atoms with Gasteiger partial charge in [-0.1, -0.05) is 34.7 Å². The number of furan rings is 1. The number of hydrogen-bond donors (Lipinski definition) is 0. The monoisotopic (exact) mass is 365 g/mol. The first-order valence-corrected chi connectivity index (χ1v) is 8.57. The first-order valence-electron chi connectivity index (χ1n) is 7.53. The van der Waals surface area contributed by atoms with Crippen LogP contribution in [0.5, 0.6) is 0 Å². The van der Waals surface area contributed by atoms with E-state index in [4.69, 9.17) is 4.42 Å². The van der Waals surface area contributed by atoms with E-state index in [1.807, 2.05) is 36.4 Å². The van der Waals surface area contributed by atoms with Gasteiger partial charge in [-0.2, -0.15) is 13.4 Å². The van der Waals surface area contributed by atoms with Crippen molar-refractivity contribution in [1.82, 2.24) is 19.5 Å². The van der Waals surface area contributed by atoms with Crippen LogP contribution in [-0.2, 0) is 10.5 Å². The van der Waals surface area contributed by atoms with E-state index < -0.39 is 10.5 Å². The SMILES string of the molecule is O=S(=O)=Nc1nc(-c2ccco2)c2ncn(C=Cc3ccccc3)c2n1. The molecule has 8 nitrogen and oxygen atoms in total. The Balaban J connectivity index is 1.89. The number of fused-ring (bicyclic) bond motifs is 1. The van der Waals surface area contributed by atoms with Crippen LogP contribution in [0.3, 0.4) is 0 Å². The highest BCUT2D eigenvalue weighted by atomic mass is 32.2. The predicted octanol–water partition coefficient (Wildman–Crippen LogP) is 3.41. The van der Waals surface area contributed by atoms with Crippen molar-refractivity contribution >= 4 is 39.9 Å². The highest BCUT2D eigenvalue weighted by Crippen LogP contribution is 2.27. The molecule has 0 unspecified atom stereocenters. The molecule has 0 bridgehead atoms. The fourth-order valence-corrected chi connectivity index (χ4v) is 2.65. The van der Waals surface area contributed by atoms with Gasteiger partial charge in [0.15, 0.2) is 11.4 Å². The van der Waals surface area contributed by atoms with Crippen LogP contribution in [0.25, 0.3) is 34.9 Å². The lowest BCUT2D eigenvalue weighted by atomic mass is 10.2. The maximum atomic E-state index is 10.9. The molecular weight excluding hydrogens is 354 g/mol. The van der Waals surface area contributed by atoms with E-state index >= 15 is 0 Å². The summed E-state index contributed by atoms with van der Waals surface area (Å²) in [6, 6.07) is 13.1. The van der Waals surface area contributed by atoms with Crippen molar-refractivity contribution in [2.24, 2.45) is 4.36 Å². The zero-order valence-corrected chi connectivity index (χ0v) is 14.0. The molecular formula is C17H11N5O3S. The van der Waals surface area contributed by atoms with Crippen LogP contribution < -0.4 is 0 Å². The van der Waals surface area contributed by atoms with Crippen LogP contribution in [0.1, 0.15) is 5.56 Å². The minimum Gasteiger partial charge on any atom is -0.463 e. The topological polar surface area (TPSA) is 103 Å². The summed E-state index contributed by atoms with van der Waals surface area (Å²) in [6.07, 6.45) is 6.74. The molecule has 128 valence electrons. The minimum atomic E-state index is -2.67. The highest BCUT2D eigenvalue weighted by molar-refractivity contribution is 7.61. The zero-order valence-electron chi connectivity index (χ0n) is 13.2. The Morgan fingerprint density at radius 3 is 2.65 bits per heavy atom. The molecule has 0 saturated heterocycles. The van der Waals surface area contributed by atoms with Gasteiger partial charge in [-0.15, -0.1) is 0 Å². The number of aromatic nitrogens is 4. The van der Waals surface area contributed by atoms with Gasteiger partial charge >= 0.3 is 10.5 Å². The highest BCUT2D eigenvalue weighted by Gasteiger charge is 2.16. The third-order valence-corrected chi connectivity index (χ3v) is 3.86. The maximum absolute atomic E-state index is 10.9. The molecule has 1 aromatic carbocycles. The lowest BCUT2D eigenvalue weighted by Crippen LogP contribution is -1.92. The Kier molecular flexibility index (Phi) is 4.12. The molecule has 0 atom stereocenters. The van der Waals surface area contributed by atoms with E-state index in [0.717, 1.165) is 5.56 Å². The number of hydrogen-bond acceptors (Lipinski definition) is 7. The fraction of sp³-hybridized carbons (Fsp3) is 0. The predicted molar refractivity (Wildman–Crippen MR) is 95.7 cm³/mol. The van der Waals surface area contributed by atoms with Crippen molar-refractivity contribution in [2.75, 3.05) is 0 Å². The standard InChI is InChI=1S/C17H11N5O3S/c23-26(24)21-17-19-14(13-7-4-10-25-13)15-16(20-17)22(11-18-15)9-8-12-5-2-1-3-6-12/h1-11H. The first-order chi connectivity index (χ1) is 12.7. The Hall–Kier alpha value is -3.59. The van der Waals surface area contributed by atoms with Crippen molar-refractivity contribution in [3.8, 4) is 11.5 Å². The lowest BCUT2D eigenvalue weighted by molar-refractivity contribution is 0.580. The normalized spacial score (nSPS) is 11.2. The molecule has 0 aliphatic rings. The van der Waals surface area contributed by atoms with Gasteiger partial charge in [0.05, 0.1) is 6.26 Å². The van der Waals surface area contributed by atoms with Gasteiger partial charge < -0.3 is 4.42 Å². The van der Waals surface area contributed by atoms with E-state index in [9.17, 15) is 8.42 Å². The summed E-state index contributed by atoms with van der Waals surface area (Å²) in [5.74, 6) is 0.259. The molecule has 9 heteroatoms. The van der Waals surface area contributed by atoms with E-state index in [2.05, 4.69) is 19.3 Å². The average Bonchev–Trinajstić information content (AvgIpc) is 3.30. The third kappa shape index (κ3) is 3.15. The third-order valence-electron chi connectivity index (χ3n) is 3.55. The molecule has 26 heavy (non-hydrogen) atoms. The van der Waals surface area contributed by atoms with Gasteiger partial charge in [-0.25, -0.2) is 9.97 Å². The minimum absolute atomic E-state index is 0.188. The summed E-state index contributed by atoms with van der Waals surface area (Å²) in [4.78, 5) is 12.7. The second-order valence-corrected chi connectivity index (χ2v) is 5.83. The fourth-order valence-electron chi connectivity index (χ4n) is 2.44. The maximum Gasteiger partial charge on any atom is 0.319 e. The molecule has 0 N–H and O–H groups in total. The van der Waals surface area contributed by atoms with Gasteiger partial charge in [-0.3, -0.25) is 4.57 Å². The largest absolute Gasteiger partial charge is 0.463 e. The van der Waals surface area contributed by atoms with E-state index in [1.165, 1.54) is 6.26 Å². The Labute approximate surface area is 149 Å². The van der Waals surface area contributed by atoms with Crippen LogP contribution in [0, 0.1) is 0 Å². The van der Waals surface area contributed by atoms with Gasteiger partial charge in [0.2, 0.25) is 0 Å². The summed E-state index contributed by atoms with van der Waals surface area (Å²) in [7, 11) is -2.67. The van der Waals surface area contributed by atoms with Crippen LogP contribution in [0.15, 0.2) is 63.8 Å². The molecule has 0 aliphatic heterocycles. The van der Waals surface area contributed by atoms with E-state index in [1.54, 1.807) is 29.2 Å². The van der Waals surface area contributed by atoms with Crippen LogP contribution in [0.2, 0.25) is 0 Å². The van der Waals surface area contributed by atoms with Crippen molar-refractivity contribution < 1.29 is 12.8 Å². The van der Waals surface area contributed by atoms with Crippen LogP contribution in [0.4, 0.5) is 5.95 Å². The van der Waals surface area contributed by atoms with Crippen LogP contribution >= 0.6 is 0 Å². The second-order valence-electron chi connectivity index (χ2n) is 5.21. The molecule has 0 fully saturated rings. The lowest BCUT2D eigenvalue weighted by Gasteiger charge is -2.01. The molecule has 0 saturated carbocycles. The Morgan fingerprint density at radius 2 is 1.92 bits per heavy atom. The molecule has 4 aromatic rings. The van der Waals surface area contributed by atoms with E-state index in [-0.39, 0.29) is 5.95 Å². The summed E-state index contributed by atoms with van der Waals surface area (Å²) in [6.45, 7) is 0. The smallest absolute Gasteiger partial charge is 0.319 e. The average molecular weight is 365 g/mol. The number of benzene rings is 1. The molecule has 0 spiro atoms.